The zero-order chi connectivity index (χ0) is 9.42. The number of piperazine rings is 1. The van der Waals surface area contributed by atoms with Crippen LogP contribution in [0, 0.1) is 0 Å². The summed E-state index contributed by atoms with van der Waals surface area (Å²) < 4.78 is 4.99. The van der Waals surface area contributed by atoms with Crippen LogP contribution in [0.3, 0.4) is 0 Å². The number of rotatable bonds is 1. The molecule has 1 amide bonds. The lowest BCUT2D eigenvalue weighted by Gasteiger charge is -2.37. The van der Waals surface area contributed by atoms with Gasteiger partial charge in [0.25, 0.3) is 0 Å². The molecular weight excluding hydrogens is 168 g/mol. The smallest absolute Gasteiger partial charge is 0.410 e. The van der Waals surface area contributed by atoms with Gasteiger partial charge in [-0.15, -0.1) is 0 Å². The van der Waals surface area contributed by atoms with Gasteiger partial charge < -0.3 is 4.74 Å². The number of hydrogen-bond acceptors (Lipinski definition) is 3. The van der Waals surface area contributed by atoms with Gasteiger partial charge in [-0.2, -0.15) is 0 Å². The minimum atomic E-state index is -0.131. The van der Waals surface area contributed by atoms with Crippen molar-refractivity contribution in [3.8, 4) is 0 Å². The van der Waals surface area contributed by atoms with Crippen molar-refractivity contribution in [3.05, 3.63) is 0 Å². The maximum Gasteiger partial charge on any atom is 0.410 e. The Balaban J connectivity index is 1.99. The van der Waals surface area contributed by atoms with Gasteiger partial charge >= 0.3 is 6.09 Å². The quantitative estimate of drug-likeness (QED) is 0.596. The van der Waals surface area contributed by atoms with E-state index in [1.165, 1.54) is 0 Å². The number of ether oxygens (including phenoxy) is 1. The molecule has 0 saturated carbocycles. The lowest BCUT2D eigenvalue weighted by Crippen LogP contribution is -2.53. The number of hydrogen-bond donors (Lipinski definition) is 0. The number of nitrogens with zero attached hydrogens (tertiary/aromatic N) is 2. The molecule has 0 aromatic carbocycles. The van der Waals surface area contributed by atoms with E-state index in [2.05, 4.69) is 18.7 Å². The fourth-order valence-electron chi connectivity index (χ4n) is 1.98. The molecular formula is C9H16N2O2. The SMILES string of the molecule is CC(C)N1CCN2C(=O)OC[C@H]2C1. The van der Waals surface area contributed by atoms with Crippen LogP contribution < -0.4 is 0 Å². The second-order valence-corrected chi connectivity index (χ2v) is 4.01. The molecule has 0 unspecified atom stereocenters. The van der Waals surface area contributed by atoms with Gasteiger partial charge in [0.2, 0.25) is 0 Å². The predicted octanol–water partition coefficient (Wildman–Crippen LogP) is 0.531. The minimum Gasteiger partial charge on any atom is -0.447 e. The normalized spacial score (nSPS) is 29.3. The van der Waals surface area contributed by atoms with Crippen LogP contribution >= 0.6 is 0 Å². The van der Waals surface area contributed by atoms with Crippen molar-refractivity contribution in [2.24, 2.45) is 0 Å². The summed E-state index contributed by atoms with van der Waals surface area (Å²) in [5, 5.41) is 0. The first-order valence-electron chi connectivity index (χ1n) is 4.86. The van der Waals surface area contributed by atoms with Gasteiger partial charge in [0.05, 0.1) is 6.04 Å². The molecule has 0 bridgehead atoms. The van der Waals surface area contributed by atoms with E-state index in [1.807, 2.05) is 4.90 Å². The molecule has 2 rings (SSSR count). The molecule has 13 heavy (non-hydrogen) atoms. The molecule has 0 spiro atoms. The topological polar surface area (TPSA) is 32.8 Å². The second kappa shape index (κ2) is 3.18. The van der Waals surface area contributed by atoms with Gasteiger partial charge in [-0.25, -0.2) is 4.79 Å². The average molecular weight is 184 g/mol. The van der Waals surface area contributed by atoms with Crippen molar-refractivity contribution in [1.29, 1.82) is 0 Å². The Bertz CT molecular complexity index is 218. The van der Waals surface area contributed by atoms with Crippen molar-refractivity contribution in [2.75, 3.05) is 26.2 Å². The van der Waals surface area contributed by atoms with Crippen molar-refractivity contribution in [2.45, 2.75) is 25.9 Å². The fourth-order valence-corrected chi connectivity index (χ4v) is 1.98. The first-order valence-corrected chi connectivity index (χ1v) is 4.86. The molecule has 2 fully saturated rings. The van der Waals surface area contributed by atoms with E-state index >= 15 is 0 Å². The van der Waals surface area contributed by atoms with Crippen molar-refractivity contribution in [1.82, 2.24) is 9.80 Å². The highest BCUT2D eigenvalue weighted by atomic mass is 16.6. The molecule has 1 atom stereocenters. The molecule has 4 heteroatoms. The summed E-state index contributed by atoms with van der Waals surface area (Å²) in [5.74, 6) is 0. The van der Waals surface area contributed by atoms with Gasteiger partial charge in [-0.05, 0) is 13.8 Å². The Morgan fingerprint density at radius 3 is 2.92 bits per heavy atom. The zero-order valence-corrected chi connectivity index (χ0v) is 8.19. The van der Waals surface area contributed by atoms with E-state index < -0.39 is 0 Å². The molecule has 2 heterocycles. The molecule has 4 nitrogen and oxygen atoms in total. The van der Waals surface area contributed by atoms with Gasteiger partial charge in [0.15, 0.2) is 0 Å². The summed E-state index contributed by atoms with van der Waals surface area (Å²) in [7, 11) is 0. The molecule has 2 aliphatic rings. The monoisotopic (exact) mass is 184 g/mol. The highest BCUT2D eigenvalue weighted by Gasteiger charge is 2.37. The van der Waals surface area contributed by atoms with E-state index in [-0.39, 0.29) is 6.09 Å². The van der Waals surface area contributed by atoms with E-state index in [0.717, 1.165) is 19.6 Å². The maximum absolute atomic E-state index is 11.2. The van der Waals surface area contributed by atoms with Crippen molar-refractivity contribution >= 4 is 6.09 Å². The molecule has 2 aliphatic heterocycles. The molecule has 0 N–H and O–H groups in total. The Hall–Kier alpha value is -0.770. The average Bonchev–Trinajstić information content (AvgIpc) is 2.47. The minimum absolute atomic E-state index is 0.131. The van der Waals surface area contributed by atoms with Crippen molar-refractivity contribution < 1.29 is 9.53 Å². The highest BCUT2D eigenvalue weighted by molar-refractivity contribution is 5.70. The lowest BCUT2D eigenvalue weighted by molar-refractivity contribution is 0.0994. The number of carbonyl (C=O) groups excluding carboxylic acids is 1. The summed E-state index contributed by atoms with van der Waals surface area (Å²) in [5.41, 5.74) is 0. The molecule has 2 saturated heterocycles. The highest BCUT2D eigenvalue weighted by Crippen LogP contribution is 2.18. The summed E-state index contributed by atoms with van der Waals surface area (Å²) in [6, 6.07) is 0.863. The molecule has 0 aliphatic carbocycles. The van der Waals surface area contributed by atoms with Gasteiger partial charge in [-0.3, -0.25) is 9.80 Å². The van der Waals surface area contributed by atoms with Crippen LogP contribution in [0.15, 0.2) is 0 Å². The van der Waals surface area contributed by atoms with Crippen LogP contribution in [0.5, 0.6) is 0 Å². The van der Waals surface area contributed by atoms with Crippen molar-refractivity contribution in [3.63, 3.8) is 0 Å². The van der Waals surface area contributed by atoms with Gasteiger partial charge in [-0.1, -0.05) is 0 Å². The summed E-state index contributed by atoms with van der Waals surface area (Å²) >= 11 is 0. The van der Waals surface area contributed by atoms with Gasteiger partial charge in [0, 0.05) is 25.7 Å². The third-order valence-corrected chi connectivity index (χ3v) is 2.88. The Morgan fingerprint density at radius 2 is 2.23 bits per heavy atom. The Kier molecular flexibility index (Phi) is 2.15. The molecule has 0 radical (unpaired) electrons. The third kappa shape index (κ3) is 1.50. The molecule has 0 aromatic heterocycles. The number of fused-ring (bicyclic) bond motifs is 1. The van der Waals surface area contributed by atoms with Crippen LogP contribution in [0.2, 0.25) is 0 Å². The largest absolute Gasteiger partial charge is 0.447 e. The fraction of sp³-hybridized carbons (Fsp3) is 0.889. The van der Waals surface area contributed by atoms with E-state index in [1.54, 1.807) is 0 Å². The van der Waals surface area contributed by atoms with Gasteiger partial charge in [0.1, 0.15) is 6.61 Å². The first-order chi connectivity index (χ1) is 6.18. The van der Waals surface area contributed by atoms with E-state index in [0.29, 0.717) is 18.7 Å². The predicted molar refractivity (Wildman–Crippen MR) is 48.6 cm³/mol. The summed E-state index contributed by atoms with van der Waals surface area (Å²) in [4.78, 5) is 15.4. The Morgan fingerprint density at radius 1 is 1.46 bits per heavy atom. The second-order valence-electron chi connectivity index (χ2n) is 4.01. The standard InChI is InChI=1S/C9H16N2O2/c1-7(2)10-3-4-11-8(5-10)6-13-9(11)12/h7-8H,3-6H2,1-2H3/t8-/m1/s1. The van der Waals surface area contributed by atoms with Crippen LogP contribution in [0.1, 0.15) is 13.8 Å². The summed E-state index contributed by atoms with van der Waals surface area (Å²) in [6.45, 7) is 7.71. The molecule has 74 valence electrons. The number of carbonyl (C=O) groups is 1. The van der Waals surface area contributed by atoms with Crippen LogP contribution in [0.25, 0.3) is 0 Å². The number of cyclic esters (lactones) is 1. The number of amides is 1. The maximum atomic E-state index is 11.2. The lowest BCUT2D eigenvalue weighted by atomic mass is 10.1. The zero-order valence-electron chi connectivity index (χ0n) is 8.19. The van der Waals surface area contributed by atoms with Crippen LogP contribution in [-0.2, 0) is 4.74 Å². The Labute approximate surface area is 78.4 Å². The first kappa shape index (κ1) is 8.81. The summed E-state index contributed by atoms with van der Waals surface area (Å²) in [6.07, 6.45) is -0.131. The van der Waals surface area contributed by atoms with E-state index in [9.17, 15) is 4.79 Å². The van der Waals surface area contributed by atoms with E-state index in [4.69, 9.17) is 4.74 Å². The molecule has 0 aromatic rings. The third-order valence-electron chi connectivity index (χ3n) is 2.88. The van der Waals surface area contributed by atoms with Crippen LogP contribution in [-0.4, -0.2) is 54.2 Å². The van der Waals surface area contributed by atoms with Crippen LogP contribution in [0.4, 0.5) is 4.79 Å².